The molecular formula is C26H38N4O5S2. The van der Waals surface area contributed by atoms with Crippen LogP contribution in [0.2, 0.25) is 0 Å². The molecule has 0 radical (unpaired) electrons. The summed E-state index contributed by atoms with van der Waals surface area (Å²) in [7, 11) is -3.37. The van der Waals surface area contributed by atoms with Crippen molar-refractivity contribution in [1.82, 2.24) is 14.2 Å². The number of pyridine rings is 1. The quantitative estimate of drug-likeness (QED) is 0.542. The lowest BCUT2D eigenvalue weighted by molar-refractivity contribution is 0.0669. The predicted octanol–water partition coefficient (Wildman–Crippen LogP) is 3.04. The maximum Gasteiger partial charge on any atom is 0.255 e. The van der Waals surface area contributed by atoms with Crippen molar-refractivity contribution in [1.29, 1.82) is 0 Å². The summed E-state index contributed by atoms with van der Waals surface area (Å²) in [5.74, 6) is -0.164. The number of anilines is 1. The van der Waals surface area contributed by atoms with Gasteiger partial charge in [-0.3, -0.25) is 9.59 Å². The van der Waals surface area contributed by atoms with E-state index in [1.807, 2.05) is 32.2 Å². The Balaban J connectivity index is 1.68. The maximum absolute atomic E-state index is 14.1. The fraction of sp³-hybridized carbons (Fsp3) is 0.615. The van der Waals surface area contributed by atoms with Crippen molar-refractivity contribution in [3.05, 3.63) is 49.7 Å². The number of carbonyl (C=O) groups excluding carboxylic acids is 1. The topological polar surface area (TPSA) is 103 Å². The molecule has 2 saturated heterocycles. The Morgan fingerprint density at radius 1 is 1.19 bits per heavy atom. The van der Waals surface area contributed by atoms with Gasteiger partial charge < -0.3 is 19.5 Å². The van der Waals surface area contributed by atoms with Crippen molar-refractivity contribution in [2.75, 3.05) is 44.0 Å². The van der Waals surface area contributed by atoms with Crippen molar-refractivity contribution in [2.45, 2.75) is 65.6 Å². The Labute approximate surface area is 223 Å². The smallest absolute Gasteiger partial charge is 0.255 e. The van der Waals surface area contributed by atoms with E-state index < -0.39 is 10.0 Å². The largest absolute Gasteiger partial charge is 0.381 e. The van der Waals surface area contributed by atoms with Crippen LogP contribution in [0.5, 0.6) is 0 Å². The summed E-state index contributed by atoms with van der Waals surface area (Å²) in [5, 5.41) is 3.00. The maximum atomic E-state index is 14.1. The summed E-state index contributed by atoms with van der Waals surface area (Å²) in [5.41, 5.74) is 3.44. The number of ether oxygens (including phenoxy) is 1. The number of aryl methyl sites for hydroxylation is 2. The lowest BCUT2D eigenvalue weighted by Gasteiger charge is -2.35. The van der Waals surface area contributed by atoms with Crippen LogP contribution < -0.4 is 10.5 Å². The number of thiophene rings is 1. The molecule has 1 unspecified atom stereocenters. The minimum atomic E-state index is -3.37. The second kappa shape index (κ2) is 11.3. The van der Waals surface area contributed by atoms with Crippen molar-refractivity contribution >= 4 is 32.3 Å². The molecule has 2 aliphatic heterocycles. The lowest BCUT2D eigenvalue weighted by Crippen LogP contribution is -2.43. The van der Waals surface area contributed by atoms with Gasteiger partial charge in [0.25, 0.3) is 11.5 Å². The third kappa shape index (κ3) is 5.94. The minimum absolute atomic E-state index is 0.130. The number of hydrogen-bond donors (Lipinski definition) is 1. The number of amides is 1. The van der Waals surface area contributed by atoms with Crippen molar-refractivity contribution in [2.24, 2.45) is 0 Å². The van der Waals surface area contributed by atoms with Crippen molar-refractivity contribution < 1.29 is 17.9 Å². The Morgan fingerprint density at radius 2 is 1.89 bits per heavy atom. The van der Waals surface area contributed by atoms with E-state index in [1.165, 1.54) is 10.6 Å². The van der Waals surface area contributed by atoms with Crippen LogP contribution in [0.15, 0.2) is 16.2 Å². The predicted molar refractivity (Wildman–Crippen MR) is 147 cm³/mol. The molecule has 1 atom stereocenters. The Bertz CT molecular complexity index is 1300. The highest BCUT2D eigenvalue weighted by atomic mass is 32.2. The normalized spacial score (nSPS) is 19.3. The van der Waals surface area contributed by atoms with E-state index in [4.69, 9.17) is 4.74 Å². The molecule has 204 valence electrons. The van der Waals surface area contributed by atoms with Crippen molar-refractivity contribution in [3.63, 3.8) is 0 Å². The first kappa shape index (κ1) is 27.8. The summed E-state index contributed by atoms with van der Waals surface area (Å²) in [6.45, 7) is 10.9. The zero-order chi connectivity index (χ0) is 26.9. The molecule has 1 amide bonds. The molecule has 11 heteroatoms. The van der Waals surface area contributed by atoms with Gasteiger partial charge in [-0.05, 0) is 64.2 Å². The average Bonchev–Trinajstić information content (AvgIpc) is 3.47. The molecule has 37 heavy (non-hydrogen) atoms. The third-order valence-electron chi connectivity index (χ3n) is 7.60. The summed E-state index contributed by atoms with van der Waals surface area (Å²) in [6, 6.07) is 1.96. The van der Waals surface area contributed by atoms with E-state index >= 15 is 0 Å². The average molecular weight is 551 g/mol. The van der Waals surface area contributed by atoms with E-state index in [1.54, 1.807) is 16.2 Å². The first-order valence-corrected chi connectivity index (χ1v) is 15.6. The SMILES string of the molecule is CCN(c1scc(C(=O)N(Cc2c(C)cc(C)[nH]c2=O)C2CCN(S(C)(=O)=O)C2)c1C)C1CCOCC1. The Kier molecular flexibility index (Phi) is 8.47. The van der Waals surface area contributed by atoms with Crippen LogP contribution in [0.25, 0.3) is 0 Å². The number of sulfonamides is 1. The highest BCUT2D eigenvalue weighted by Gasteiger charge is 2.36. The number of rotatable bonds is 8. The zero-order valence-electron chi connectivity index (χ0n) is 22.4. The number of H-pyrrole nitrogens is 1. The van der Waals surface area contributed by atoms with Crippen LogP contribution >= 0.6 is 11.3 Å². The second-order valence-corrected chi connectivity index (χ2v) is 13.0. The van der Waals surface area contributed by atoms with E-state index in [0.717, 1.165) is 54.4 Å². The van der Waals surface area contributed by atoms with Gasteiger partial charge >= 0.3 is 0 Å². The fourth-order valence-corrected chi connectivity index (χ4v) is 7.59. The number of nitrogens with one attached hydrogen (secondary N) is 1. The van der Waals surface area contributed by atoms with E-state index in [0.29, 0.717) is 30.1 Å². The molecule has 4 heterocycles. The minimum Gasteiger partial charge on any atom is -0.381 e. The summed E-state index contributed by atoms with van der Waals surface area (Å²) in [4.78, 5) is 33.9. The van der Waals surface area contributed by atoms with Crippen LogP contribution in [0.1, 0.15) is 58.9 Å². The zero-order valence-corrected chi connectivity index (χ0v) is 24.0. The molecule has 0 saturated carbocycles. The number of nitrogens with zero attached hydrogens (tertiary/aromatic N) is 3. The van der Waals surface area contributed by atoms with Gasteiger partial charge in [0.2, 0.25) is 10.0 Å². The second-order valence-electron chi connectivity index (χ2n) is 10.1. The van der Waals surface area contributed by atoms with Crippen molar-refractivity contribution in [3.8, 4) is 0 Å². The molecule has 4 rings (SSSR count). The van der Waals surface area contributed by atoms with E-state index in [-0.39, 0.29) is 30.6 Å². The van der Waals surface area contributed by atoms with Gasteiger partial charge in [0.15, 0.2) is 0 Å². The highest BCUT2D eigenvalue weighted by Crippen LogP contribution is 2.35. The van der Waals surface area contributed by atoms with Crippen LogP contribution in [-0.4, -0.2) is 79.7 Å². The first-order valence-electron chi connectivity index (χ1n) is 12.9. The number of aromatic amines is 1. The molecular weight excluding hydrogens is 512 g/mol. The molecule has 0 bridgehead atoms. The molecule has 1 N–H and O–H groups in total. The highest BCUT2D eigenvalue weighted by molar-refractivity contribution is 7.88. The number of hydrogen-bond acceptors (Lipinski definition) is 7. The lowest BCUT2D eigenvalue weighted by atomic mass is 10.0. The van der Waals surface area contributed by atoms with Gasteiger partial charge in [0.1, 0.15) is 0 Å². The number of aromatic nitrogens is 1. The molecule has 0 aromatic carbocycles. The van der Waals surface area contributed by atoms with Gasteiger partial charge in [-0.25, -0.2) is 12.7 Å². The van der Waals surface area contributed by atoms with Crippen LogP contribution in [0.4, 0.5) is 5.00 Å². The first-order chi connectivity index (χ1) is 17.5. The fourth-order valence-electron chi connectivity index (χ4n) is 5.50. The summed E-state index contributed by atoms with van der Waals surface area (Å²) in [6.07, 6.45) is 3.64. The third-order valence-corrected chi connectivity index (χ3v) is 9.98. The monoisotopic (exact) mass is 550 g/mol. The van der Waals surface area contributed by atoms with Crippen LogP contribution in [0, 0.1) is 20.8 Å². The Hall–Kier alpha value is -2.21. The molecule has 9 nitrogen and oxygen atoms in total. The van der Waals surface area contributed by atoms with Gasteiger partial charge in [0, 0.05) is 61.6 Å². The van der Waals surface area contributed by atoms with Gasteiger partial charge in [-0.15, -0.1) is 11.3 Å². The summed E-state index contributed by atoms with van der Waals surface area (Å²) >= 11 is 1.57. The molecule has 0 spiro atoms. The van der Waals surface area contributed by atoms with Crippen LogP contribution in [0.3, 0.4) is 0 Å². The molecule has 0 aliphatic carbocycles. The number of carbonyl (C=O) groups is 1. The summed E-state index contributed by atoms with van der Waals surface area (Å²) < 4.78 is 31.4. The standard InChI is InChI=1S/C26H38N4O5S2/c1-6-29(20-8-11-35-12-9-20)26-19(4)23(16-36-26)25(32)30(21-7-10-28(14-21)37(5,33)34)15-22-17(2)13-18(3)27-24(22)31/h13,16,20-21H,6-12,14-15H2,1-5H3,(H,27,31). The Morgan fingerprint density at radius 3 is 2.49 bits per heavy atom. The molecule has 2 aromatic heterocycles. The van der Waals surface area contributed by atoms with E-state index in [9.17, 15) is 18.0 Å². The molecule has 2 aliphatic rings. The van der Waals surface area contributed by atoms with Crippen LogP contribution in [-0.2, 0) is 21.3 Å². The molecule has 2 aromatic rings. The molecule has 2 fully saturated rings. The van der Waals surface area contributed by atoms with Gasteiger partial charge in [-0.2, -0.15) is 0 Å². The van der Waals surface area contributed by atoms with E-state index in [2.05, 4.69) is 16.8 Å². The van der Waals surface area contributed by atoms with Gasteiger partial charge in [-0.1, -0.05) is 0 Å². The van der Waals surface area contributed by atoms with Gasteiger partial charge in [0.05, 0.1) is 23.4 Å².